The molecule has 10 nitrogen and oxygen atoms in total. The third-order valence-corrected chi connectivity index (χ3v) is 6.37. The van der Waals surface area contributed by atoms with Crippen LogP contribution in [-0.2, 0) is 23.9 Å². The van der Waals surface area contributed by atoms with Crippen LogP contribution in [0, 0.1) is 5.92 Å². The highest BCUT2D eigenvalue weighted by molar-refractivity contribution is 6.08. The van der Waals surface area contributed by atoms with Crippen molar-refractivity contribution in [3.8, 4) is 0 Å². The summed E-state index contributed by atoms with van der Waals surface area (Å²) in [6.45, 7) is 2.78. The van der Waals surface area contributed by atoms with Gasteiger partial charge in [0.1, 0.15) is 11.1 Å². The Labute approximate surface area is 175 Å². The summed E-state index contributed by atoms with van der Waals surface area (Å²) in [4.78, 5) is 61.5. The van der Waals surface area contributed by atoms with E-state index in [9.17, 15) is 24.0 Å². The summed E-state index contributed by atoms with van der Waals surface area (Å²) in [5.74, 6) is -1.81. The van der Waals surface area contributed by atoms with Crippen LogP contribution in [0.3, 0.4) is 0 Å². The molecule has 0 aromatic heterocycles. The summed E-state index contributed by atoms with van der Waals surface area (Å²) < 4.78 is 5.14. The standard InChI is InChI=1S/C20H30N4O6/c1-13-6-10-19(11-7-13)16(27)24(18(29)22-19)23-15(26)12-30-17(28)20(21-14(2)25)8-4-3-5-9-20/h13H,3-12H2,1-2H3,(H,21,25)(H,22,29)(H,23,26). The van der Waals surface area contributed by atoms with Crippen molar-refractivity contribution < 1.29 is 28.7 Å². The molecule has 3 N–H and O–H groups in total. The number of amides is 5. The maximum atomic E-state index is 12.8. The van der Waals surface area contributed by atoms with Gasteiger partial charge in [-0.3, -0.25) is 19.8 Å². The molecule has 3 fully saturated rings. The third-order valence-electron chi connectivity index (χ3n) is 6.37. The van der Waals surface area contributed by atoms with E-state index in [1.165, 1.54) is 6.92 Å². The summed E-state index contributed by atoms with van der Waals surface area (Å²) in [5.41, 5.74) is 0.143. The molecular formula is C20H30N4O6. The van der Waals surface area contributed by atoms with Gasteiger partial charge in [0.2, 0.25) is 5.91 Å². The Kier molecular flexibility index (Phi) is 6.33. The van der Waals surface area contributed by atoms with E-state index in [4.69, 9.17) is 4.74 Å². The van der Waals surface area contributed by atoms with Gasteiger partial charge in [-0.15, -0.1) is 0 Å². The van der Waals surface area contributed by atoms with Crippen molar-refractivity contribution >= 4 is 29.7 Å². The third kappa shape index (κ3) is 4.41. The van der Waals surface area contributed by atoms with E-state index in [2.05, 4.69) is 23.0 Å². The molecule has 0 radical (unpaired) electrons. The van der Waals surface area contributed by atoms with Gasteiger partial charge >= 0.3 is 12.0 Å². The Morgan fingerprint density at radius 2 is 1.73 bits per heavy atom. The minimum atomic E-state index is -1.13. The normalized spacial score (nSPS) is 28.1. The Balaban J connectivity index is 1.56. The van der Waals surface area contributed by atoms with Crippen LogP contribution in [0.25, 0.3) is 0 Å². The van der Waals surface area contributed by atoms with Gasteiger partial charge in [-0.25, -0.2) is 9.59 Å². The van der Waals surface area contributed by atoms with Crippen molar-refractivity contribution in [1.29, 1.82) is 0 Å². The van der Waals surface area contributed by atoms with E-state index in [-0.39, 0.29) is 5.91 Å². The second kappa shape index (κ2) is 8.61. The van der Waals surface area contributed by atoms with Crippen molar-refractivity contribution in [1.82, 2.24) is 21.1 Å². The number of urea groups is 1. The highest BCUT2D eigenvalue weighted by atomic mass is 16.5. The molecule has 1 saturated heterocycles. The molecule has 3 rings (SSSR count). The zero-order chi connectivity index (χ0) is 21.9. The van der Waals surface area contributed by atoms with Crippen LogP contribution in [0.1, 0.15) is 71.6 Å². The molecular weight excluding hydrogens is 392 g/mol. The first-order valence-corrected chi connectivity index (χ1v) is 10.6. The van der Waals surface area contributed by atoms with Gasteiger partial charge in [0.25, 0.3) is 11.8 Å². The minimum absolute atomic E-state index is 0.343. The van der Waals surface area contributed by atoms with Gasteiger partial charge in [0.05, 0.1) is 0 Å². The first kappa shape index (κ1) is 22.0. The Morgan fingerprint density at radius 3 is 2.33 bits per heavy atom. The van der Waals surface area contributed by atoms with Crippen LogP contribution >= 0.6 is 0 Å². The molecule has 3 aliphatic rings. The average molecular weight is 422 g/mol. The maximum Gasteiger partial charge on any atom is 0.344 e. The second-order valence-electron chi connectivity index (χ2n) is 8.77. The summed E-state index contributed by atoms with van der Waals surface area (Å²) in [6, 6.07) is -0.684. The van der Waals surface area contributed by atoms with E-state index in [1.54, 1.807) is 0 Å². The van der Waals surface area contributed by atoms with Crippen LogP contribution in [-0.4, -0.2) is 52.4 Å². The van der Waals surface area contributed by atoms with Gasteiger partial charge in [-0.2, -0.15) is 5.01 Å². The van der Waals surface area contributed by atoms with Crippen LogP contribution in [0.15, 0.2) is 0 Å². The number of imide groups is 1. The predicted octanol–water partition coefficient (Wildman–Crippen LogP) is 0.900. The topological polar surface area (TPSA) is 134 Å². The number of carbonyl (C=O) groups is 5. The number of nitrogens with zero attached hydrogens (tertiary/aromatic N) is 1. The monoisotopic (exact) mass is 422 g/mol. The smallest absolute Gasteiger partial charge is 0.344 e. The van der Waals surface area contributed by atoms with Crippen molar-refractivity contribution in [2.45, 2.75) is 82.7 Å². The number of rotatable bonds is 5. The number of hydrogen-bond donors (Lipinski definition) is 3. The molecule has 0 aromatic rings. The molecule has 166 valence electrons. The van der Waals surface area contributed by atoms with E-state index < -0.39 is 41.5 Å². The largest absolute Gasteiger partial charge is 0.454 e. The first-order valence-electron chi connectivity index (χ1n) is 10.6. The number of nitrogens with one attached hydrogen (secondary N) is 3. The predicted molar refractivity (Wildman–Crippen MR) is 104 cm³/mol. The van der Waals surface area contributed by atoms with Gasteiger partial charge in [0, 0.05) is 6.92 Å². The molecule has 0 unspecified atom stereocenters. The Morgan fingerprint density at radius 1 is 1.10 bits per heavy atom. The quantitative estimate of drug-likeness (QED) is 0.445. The summed E-state index contributed by atoms with van der Waals surface area (Å²) in [6.07, 6.45) is 6.07. The van der Waals surface area contributed by atoms with Gasteiger partial charge in [-0.05, 0) is 44.4 Å². The van der Waals surface area contributed by atoms with Gasteiger partial charge < -0.3 is 15.4 Å². The number of esters is 1. The summed E-state index contributed by atoms with van der Waals surface area (Å²) >= 11 is 0. The molecule has 0 aromatic carbocycles. The zero-order valence-electron chi connectivity index (χ0n) is 17.5. The van der Waals surface area contributed by atoms with Crippen molar-refractivity contribution in [3.05, 3.63) is 0 Å². The lowest BCUT2D eigenvalue weighted by molar-refractivity contribution is -0.159. The summed E-state index contributed by atoms with van der Waals surface area (Å²) in [5, 5.41) is 6.06. The molecule has 2 aliphatic carbocycles. The van der Waals surface area contributed by atoms with Crippen molar-refractivity contribution in [3.63, 3.8) is 0 Å². The Bertz CT molecular complexity index is 738. The molecule has 1 spiro atoms. The first-order chi connectivity index (χ1) is 14.2. The van der Waals surface area contributed by atoms with Crippen molar-refractivity contribution in [2.24, 2.45) is 5.92 Å². The maximum absolute atomic E-state index is 12.8. The number of ether oxygens (including phenoxy) is 1. The van der Waals surface area contributed by atoms with Gasteiger partial charge in [0.15, 0.2) is 6.61 Å². The van der Waals surface area contributed by atoms with Crippen LogP contribution in [0.4, 0.5) is 4.79 Å². The molecule has 10 heteroatoms. The molecule has 1 heterocycles. The number of carbonyl (C=O) groups excluding carboxylic acids is 5. The fourth-order valence-electron chi connectivity index (χ4n) is 4.61. The summed E-state index contributed by atoms with van der Waals surface area (Å²) in [7, 11) is 0. The molecule has 0 bridgehead atoms. The molecule has 2 saturated carbocycles. The Hall–Kier alpha value is -2.65. The van der Waals surface area contributed by atoms with E-state index in [0.29, 0.717) is 36.6 Å². The van der Waals surface area contributed by atoms with E-state index in [0.717, 1.165) is 32.1 Å². The molecule has 0 atom stereocenters. The lowest BCUT2D eigenvalue weighted by atomic mass is 9.77. The van der Waals surface area contributed by atoms with E-state index >= 15 is 0 Å². The highest BCUT2D eigenvalue weighted by Crippen LogP contribution is 2.35. The average Bonchev–Trinajstić information content (AvgIpc) is 2.93. The number of hydrazine groups is 1. The minimum Gasteiger partial charge on any atom is -0.454 e. The van der Waals surface area contributed by atoms with Crippen molar-refractivity contribution in [2.75, 3.05) is 6.61 Å². The molecule has 1 aliphatic heterocycles. The highest BCUT2D eigenvalue weighted by Gasteiger charge is 2.53. The zero-order valence-corrected chi connectivity index (χ0v) is 17.5. The fraction of sp³-hybridized carbons (Fsp3) is 0.750. The SMILES string of the molecule is CC(=O)NC1(C(=O)OCC(=O)NN2C(=O)NC3(CCC(C)CC3)C2=O)CCCCC1. The molecule has 30 heavy (non-hydrogen) atoms. The fourth-order valence-corrected chi connectivity index (χ4v) is 4.61. The van der Waals surface area contributed by atoms with Gasteiger partial charge in [-0.1, -0.05) is 26.2 Å². The lowest BCUT2D eigenvalue weighted by Gasteiger charge is -2.35. The van der Waals surface area contributed by atoms with Crippen LogP contribution in [0.5, 0.6) is 0 Å². The molecule has 5 amide bonds. The number of hydrogen-bond acceptors (Lipinski definition) is 6. The lowest BCUT2D eigenvalue weighted by Crippen LogP contribution is -2.56. The van der Waals surface area contributed by atoms with E-state index in [1.807, 2.05) is 0 Å². The second-order valence-corrected chi connectivity index (χ2v) is 8.77. The van der Waals surface area contributed by atoms with Crippen LogP contribution < -0.4 is 16.1 Å². The van der Waals surface area contributed by atoms with Crippen LogP contribution in [0.2, 0.25) is 0 Å².